The van der Waals surface area contributed by atoms with Gasteiger partial charge in [-0.3, -0.25) is 4.98 Å². The molecule has 0 amide bonds. The third-order valence-corrected chi connectivity index (χ3v) is 5.26. The van der Waals surface area contributed by atoms with Crippen LogP contribution >= 0.6 is 0 Å². The molecule has 2 aromatic heterocycles. The van der Waals surface area contributed by atoms with Gasteiger partial charge in [0.1, 0.15) is 12.4 Å². The van der Waals surface area contributed by atoms with Crippen molar-refractivity contribution >= 4 is 0 Å². The number of rotatable bonds is 5. The van der Waals surface area contributed by atoms with Crippen LogP contribution in [-0.2, 0) is 17.8 Å². The summed E-state index contributed by atoms with van der Waals surface area (Å²) in [5.74, 6) is 7.07. The number of hydrogen-bond donors (Lipinski definition) is 2. The van der Waals surface area contributed by atoms with Crippen LogP contribution in [0, 0.1) is 11.8 Å². The highest BCUT2D eigenvalue weighted by Gasteiger charge is 2.13. The lowest BCUT2D eigenvalue weighted by Gasteiger charge is -2.23. The first-order valence-corrected chi connectivity index (χ1v) is 11.5. The lowest BCUT2D eigenvalue weighted by Crippen LogP contribution is -2.39. The number of aromatic amines is 1. The van der Waals surface area contributed by atoms with Crippen LogP contribution in [0.1, 0.15) is 22.4 Å². The van der Waals surface area contributed by atoms with Gasteiger partial charge in [-0.2, -0.15) is 0 Å². The summed E-state index contributed by atoms with van der Waals surface area (Å²) in [7, 11) is 0. The monoisotopic (exact) mass is 451 g/mol. The Hall–Kier alpha value is -3.85. The van der Waals surface area contributed by atoms with E-state index in [2.05, 4.69) is 51.4 Å². The molecule has 1 saturated heterocycles. The summed E-state index contributed by atoms with van der Waals surface area (Å²) in [6.45, 7) is 3.23. The molecular weight excluding hydrogens is 422 g/mol. The highest BCUT2D eigenvalue weighted by molar-refractivity contribution is 5.42. The molecular formula is C29H29N3O2. The Bertz CT molecular complexity index is 1110. The fourth-order valence-electron chi connectivity index (χ4n) is 3.45. The van der Waals surface area contributed by atoms with Crippen LogP contribution in [0.3, 0.4) is 0 Å². The molecule has 5 rings (SSSR count). The van der Waals surface area contributed by atoms with E-state index in [1.165, 1.54) is 5.56 Å². The fraction of sp³-hybridized carbons (Fsp3) is 0.207. The van der Waals surface area contributed by atoms with E-state index in [-0.39, 0.29) is 6.10 Å². The van der Waals surface area contributed by atoms with Gasteiger partial charge < -0.3 is 19.8 Å². The second-order valence-corrected chi connectivity index (χ2v) is 7.89. The smallest absolute Gasteiger partial charge is 0.119 e. The van der Waals surface area contributed by atoms with Crippen molar-refractivity contribution < 1.29 is 9.47 Å². The Morgan fingerprint density at radius 2 is 1.68 bits per heavy atom. The van der Waals surface area contributed by atoms with E-state index in [1.807, 2.05) is 60.8 Å². The maximum atomic E-state index is 5.90. The van der Waals surface area contributed by atoms with Crippen LogP contribution in [0.5, 0.6) is 5.75 Å². The maximum absolute atomic E-state index is 5.90. The summed E-state index contributed by atoms with van der Waals surface area (Å²) in [5, 5.41) is 3.37. The molecule has 4 aromatic rings. The van der Waals surface area contributed by atoms with E-state index in [4.69, 9.17) is 9.47 Å². The zero-order valence-corrected chi connectivity index (χ0v) is 19.1. The van der Waals surface area contributed by atoms with Gasteiger partial charge in [-0.15, -0.1) is 0 Å². The number of aromatic nitrogens is 2. The predicted molar refractivity (Wildman–Crippen MR) is 135 cm³/mol. The summed E-state index contributed by atoms with van der Waals surface area (Å²) < 4.78 is 11.7. The molecule has 1 aliphatic rings. The predicted octanol–water partition coefficient (Wildman–Crippen LogP) is 4.61. The second kappa shape index (κ2) is 13.0. The van der Waals surface area contributed by atoms with Crippen LogP contribution in [0.25, 0.3) is 0 Å². The molecule has 2 N–H and O–H groups in total. The molecule has 172 valence electrons. The molecule has 2 aromatic carbocycles. The minimum absolute atomic E-state index is 0.273. The van der Waals surface area contributed by atoms with Crippen molar-refractivity contribution in [3.05, 3.63) is 120 Å². The summed E-state index contributed by atoms with van der Waals surface area (Å²) in [6, 6.07) is 26.1. The summed E-state index contributed by atoms with van der Waals surface area (Å²) in [6.07, 6.45) is 6.59. The van der Waals surface area contributed by atoms with E-state index in [0.29, 0.717) is 6.61 Å². The minimum Gasteiger partial charge on any atom is -0.489 e. The van der Waals surface area contributed by atoms with Gasteiger partial charge in [0.25, 0.3) is 0 Å². The normalized spacial score (nSPS) is 14.8. The number of nitrogens with zero attached hydrogens (tertiary/aromatic N) is 1. The van der Waals surface area contributed by atoms with E-state index in [0.717, 1.165) is 48.7 Å². The first-order chi connectivity index (χ1) is 16.8. The Labute approximate surface area is 201 Å². The molecule has 0 saturated carbocycles. The molecule has 1 unspecified atom stereocenters. The first kappa shape index (κ1) is 23.3. The highest BCUT2D eigenvalue weighted by Crippen LogP contribution is 2.15. The fourth-order valence-corrected chi connectivity index (χ4v) is 3.45. The van der Waals surface area contributed by atoms with Gasteiger partial charge in [0.15, 0.2) is 0 Å². The van der Waals surface area contributed by atoms with Crippen molar-refractivity contribution in [2.24, 2.45) is 0 Å². The lowest BCUT2D eigenvalue weighted by molar-refractivity contribution is 0.0292. The van der Waals surface area contributed by atoms with Crippen molar-refractivity contribution in [1.29, 1.82) is 0 Å². The number of nitrogens with one attached hydrogen (secondary N) is 2. The number of ether oxygens (including phenoxy) is 2. The van der Waals surface area contributed by atoms with Crippen LogP contribution < -0.4 is 10.1 Å². The van der Waals surface area contributed by atoms with Crippen molar-refractivity contribution in [3.8, 4) is 17.6 Å². The van der Waals surface area contributed by atoms with Crippen molar-refractivity contribution in [2.45, 2.75) is 19.1 Å². The number of H-pyrrole nitrogens is 1. The summed E-state index contributed by atoms with van der Waals surface area (Å²) in [5.41, 5.74) is 4.32. The Balaban J connectivity index is 0.000000398. The zero-order valence-electron chi connectivity index (χ0n) is 19.1. The molecule has 1 atom stereocenters. The Morgan fingerprint density at radius 3 is 2.29 bits per heavy atom. The van der Waals surface area contributed by atoms with Crippen LogP contribution in [0.2, 0.25) is 0 Å². The molecule has 5 nitrogen and oxygen atoms in total. The quantitative estimate of drug-likeness (QED) is 0.435. The first-order valence-electron chi connectivity index (χ1n) is 11.5. The van der Waals surface area contributed by atoms with Crippen LogP contribution in [0.4, 0.5) is 0 Å². The van der Waals surface area contributed by atoms with Gasteiger partial charge in [0, 0.05) is 37.2 Å². The number of pyridine rings is 1. The minimum atomic E-state index is 0.273. The zero-order chi connectivity index (χ0) is 23.3. The standard InChI is InChI=1S/C24H24N2O2.C5H5N/c1-2-22(26-13-1)10-7-19-8-11-23(12-9-19)28-18-21-5-3-20(4-6-21)16-24-17-25-14-15-27-24;1-2-4-6-5-3-1/h1-6,8-9,11-13,24-26H,14-18H2;1-5H. The van der Waals surface area contributed by atoms with Gasteiger partial charge >= 0.3 is 0 Å². The average Bonchev–Trinajstić information content (AvgIpc) is 3.44. The molecule has 34 heavy (non-hydrogen) atoms. The summed E-state index contributed by atoms with van der Waals surface area (Å²) in [4.78, 5) is 6.86. The molecule has 0 aliphatic carbocycles. The van der Waals surface area contributed by atoms with Crippen molar-refractivity contribution in [1.82, 2.24) is 15.3 Å². The van der Waals surface area contributed by atoms with Crippen LogP contribution in [0.15, 0.2) is 97.5 Å². The number of morpholine rings is 1. The van der Waals surface area contributed by atoms with Crippen LogP contribution in [-0.4, -0.2) is 35.8 Å². The van der Waals surface area contributed by atoms with Crippen molar-refractivity contribution in [2.75, 3.05) is 19.7 Å². The SMILES string of the molecule is C(#Cc1ccc[nH]1)c1ccc(OCc2ccc(CC3CNCCO3)cc2)cc1.c1ccncc1. The topological polar surface area (TPSA) is 59.2 Å². The molecule has 3 heterocycles. The Morgan fingerprint density at radius 1 is 0.882 bits per heavy atom. The molecule has 0 spiro atoms. The lowest BCUT2D eigenvalue weighted by atomic mass is 10.1. The largest absolute Gasteiger partial charge is 0.489 e. The van der Waals surface area contributed by atoms with Crippen molar-refractivity contribution in [3.63, 3.8) is 0 Å². The van der Waals surface area contributed by atoms with E-state index < -0.39 is 0 Å². The van der Waals surface area contributed by atoms with Gasteiger partial charge in [-0.1, -0.05) is 36.3 Å². The average molecular weight is 452 g/mol. The highest BCUT2D eigenvalue weighted by atomic mass is 16.5. The van der Waals surface area contributed by atoms with E-state index >= 15 is 0 Å². The van der Waals surface area contributed by atoms with Gasteiger partial charge in [0.05, 0.1) is 18.4 Å². The molecule has 1 fully saturated rings. The van der Waals surface area contributed by atoms with Gasteiger partial charge in [0.2, 0.25) is 0 Å². The third-order valence-electron chi connectivity index (χ3n) is 5.26. The molecule has 0 radical (unpaired) electrons. The number of hydrogen-bond acceptors (Lipinski definition) is 4. The van der Waals surface area contributed by atoms with Gasteiger partial charge in [-0.25, -0.2) is 0 Å². The van der Waals surface area contributed by atoms with E-state index in [1.54, 1.807) is 12.4 Å². The second-order valence-electron chi connectivity index (χ2n) is 7.89. The van der Waals surface area contributed by atoms with E-state index in [9.17, 15) is 0 Å². The van der Waals surface area contributed by atoms with Gasteiger partial charge in [-0.05, 0) is 72.0 Å². The molecule has 5 heteroatoms. The molecule has 1 aliphatic heterocycles. The molecule has 0 bridgehead atoms. The third kappa shape index (κ3) is 7.93. The maximum Gasteiger partial charge on any atom is 0.119 e. The Kier molecular flexibility index (Phi) is 8.91. The summed E-state index contributed by atoms with van der Waals surface area (Å²) >= 11 is 0. The number of benzene rings is 2.